The normalized spacial score (nSPS) is 21.0. The fourth-order valence-corrected chi connectivity index (χ4v) is 3.34. The molecule has 1 atom stereocenters. The Labute approximate surface area is 143 Å². The lowest BCUT2D eigenvalue weighted by Crippen LogP contribution is -2.66. The molecule has 0 N–H and O–H groups in total. The van der Waals surface area contributed by atoms with Gasteiger partial charge in [-0.1, -0.05) is 12.1 Å². The Hall–Kier alpha value is -2.97. The highest BCUT2D eigenvalue weighted by molar-refractivity contribution is 5.95. The summed E-state index contributed by atoms with van der Waals surface area (Å²) >= 11 is 0. The molecular weight excluding hydrogens is 324 g/mol. The van der Waals surface area contributed by atoms with Crippen molar-refractivity contribution in [3.05, 3.63) is 24.3 Å². The van der Waals surface area contributed by atoms with E-state index in [1.807, 2.05) is 24.3 Å². The lowest BCUT2D eigenvalue weighted by molar-refractivity contribution is -0.160. The molecule has 9 nitrogen and oxygen atoms in total. The summed E-state index contributed by atoms with van der Waals surface area (Å²) in [6.07, 6.45) is 0. The topological polar surface area (TPSA) is 91.6 Å². The molecule has 2 aromatic rings. The molecule has 3 heterocycles. The van der Waals surface area contributed by atoms with Crippen LogP contribution in [-0.2, 0) is 20.9 Å². The van der Waals surface area contributed by atoms with Crippen molar-refractivity contribution in [1.29, 1.82) is 0 Å². The zero-order valence-electron chi connectivity index (χ0n) is 13.8. The molecule has 0 radical (unpaired) electrons. The molecule has 0 saturated carbocycles. The fraction of sp³-hybridized carbons (Fsp3) is 0.438. The second-order valence-corrected chi connectivity index (χ2v) is 6.36. The van der Waals surface area contributed by atoms with Crippen molar-refractivity contribution in [1.82, 2.24) is 29.7 Å². The number of fused-ring (bicyclic) bond motifs is 2. The number of amides is 3. The number of hydrogen-bond acceptors (Lipinski definition) is 5. The molecule has 25 heavy (non-hydrogen) atoms. The Bertz CT molecular complexity index is 829. The standard InChI is InChI=1S/C16H18N6O3/c1-19-9-15(24)21-7-6-20(8-13(21)16(19)25)14(23)10-22-17-11-4-2-3-5-12(11)18-22/h2-5,13H,6-10H2,1H3/t13-/m1/s1. The van der Waals surface area contributed by atoms with Gasteiger partial charge in [0.2, 0.25) is 17.7 Å². The van der Waals surface area contributed by atoms with Crippen molar-refractivity contribution in [3.63, 3.8) is 0 Å². The lowest BCUT2D eigenvalue weighted by Gasteiger charge is -2.45. The van der Waals surface area contributed by atoms with Gasteiger partial charge in [0.05, 0.1) is 13.1 Å². The van der Waals surface area contributed by atoms with E-state index in [0.717, 1.165) is 11.0 Å². The maximum Gasteiger partial charge on any atom is 0.247 e. The third kappa shape index (κ3) is 2.71. The maximum absolute atomic E-state index is 12.6. The number of carbonyl (C=O) groups is 3. The first-order chi connectivity index (χ1) is 12.0. The van der Waals surface area contributed by atoms with Gasteiger partial charge in [-0.25, -0.2) is 0 Å². The number of benzene rings is 1. The maximum atomic E-state index is 12.6. The zero-order valence-corrected chi connectivity index (χ0v) is 13.8. The van der Waals surface area contributed by atoms with Crippen LogP contribution in [0.1, 0.15) is 0 Å². The lowest BCUT2D eigenvalue weighted by atomic mass is 10.1. The number of likely N-dealkylation sites (N-methyl/N-ethyl adjacent to an activating group) is 1. The van der Waals surface area contributed by atoms with Gasteiger partial charge < -0.3 is 14.7 Å². The van der Waals surface area contributed by atoms with Crippen LogP contribution in [0, 0.1) is 0 Å². The van der Waals surface area contributed by atoms with E-state index in [1.165, 1.54) is 9.70 Å². The molecule has 4 rings (SSSR count). The van der Waals surface area contributed by atoms with Crippen LogP contribution in [0.25, 0.3) is 11.0 Å². The van der Waals surface area contributed by atoms with Crippen molar-refractivity contribution >= 4 is 28.8 Å². The van der Waals surface area contributed by atoms with Gasteiger partial charge in [0, 0.05) is 20.1 Å². The first kappa shape index (κ1) is 15.6. The Morgan fingerprint density at radius 1 is 1.16 bits per heavy atom. The summed E-state index contributed by atoms with van der Waals surface area (Å²) in [5.41, 5.74) is 1.46. The van der Waals surface area contributed by atoms with Crippen LogP contribution in [0.2, 0.25) is 0 Å². The molecule has 9 heteroatoms. The predicted molar refractivity (Wildman–Crippen MR) is 87.2 cm³/mol. The summed E-state index contributed by atoms with van der Waals surface area (Å²) in [4.78, 5) is 42.9. The van der Waals surface area contributed by atoms with E-state index in [0.29, 0.717) is 13.1 Å². The van der Waals surface area contributed by atoms with Crippen LogP contribution in [0.4, 0.5) is 0 Å². The van der Waals surface area contributed by atoms with E-state index in [1.54, 1.807) is 16.8 Å². The predicted octanol–water partition coefficient (Wildman–Crippen LogP) is -1.06. The van der Waals surface area contributed by atoms with Crippen LogP contribution in [0.3, 0.4) is 0 Å². The largest absolute Gasteiger partial charge is 0.337 e. The summed E-state index contributed by atoms with van der Waals surface area (Å²) in [6, 6.07) is 6.82. The summed E-state index contributed by atoms with van der Waals surface area (Å²) in [7, 11) is 1.61. The fourth-order valence-electron chi connectivity index (χ4n) is 3.34. The van der Waals surface area contributed by atoms with Crippen molar-refractivity contribution in [2.45, 2.75) is 12.6 Å². The van der Waals surface area contributed by atoms with Crippen LogP contribution >= 0.6 is 0 Å². The van der Waals surface area contributed by atoms with Crippen LogP contribution in [0.15, 0.2) is 24.3 Å². The number of aromatic nitrogens is 3. The molecule has 2 aliphatic rings. The highest BCUT2D eigenvalue weighted by atomic mass is 16.2. The minimum atomic E-state index is -0.589. The van der Waals surface area contributed by atoms with Crippen molar-refractivity contribution in [2.24, 2.45) is 0 Å². The molecule has 2 aliphatic heterocycles. The van der Waals surface area contributed by atoms with Crippen molar-refractivity contribution in [2.75, 3.05) is 33.2 Å². The van der Waals surface area contributed by atoms with E-state index >= 15 is 0 Å². The average molecular weight is 342 g/mol. The molecule has 0 spiro atoms. The van der Waals surface area contributed by atoms with Crippen molar-refractivity contribution < 1.29 is 14.4 Å². The van der Waals surface area contributed by atoms with Gasteiger partial charge in [-0.3, -0.25) is 14.4 Å². The average Bonchev–Trinajstić information content (AvgIpc) is 3.01. The molecule has 2 saturated heterocycles. The van der Waals surface area contributed by atoms with E-state index in [2.05, 4.69) is 10.2 Å². The Kier molecular flexibility index (Phi) is 3.63. The third-order valence-corrected chi connectivity index (χ3v) is 4.69. The van der Waals surface area contributed by atoms with Crippen LogP contribution < -0.4 is 0 Å². The molecule has 0 aliphatic carbocycles. The van der Waals surface area contributed by atoms with E-state index < -0.39 is 6.04 Å². The van der Waals surface area contributed by atoms with Gasteiger partial charge in [-0.15, -0.1) is 0 Å². The first-order valence-electron chi connectivity index (χ1n) is 8.15. The number of piperazine rings is 2. The Morgan fingerprint density at radius 2 is 1.84 bits per heavy atom. The summed E-state index contributed by atoms with van der Waals surface area (Å²) in [5, 5.41) is 8.57. The summed E-state index contributed by atoms with van der Waals surface area (Å²) < 4.78 is 0. The second kappa shape index (κ2) is 5.83. The summed E-state index contributed by atoms with van der Waals surface area (Å²) in [6.45, 7) is 1.13. The highest BCUT2D eigenvalue weighted by Gasteiger charge is 2.42. The molecule has 3 amide bonds. The number of nitrogens with zero attached hydrogens (tertiary/aromatic N) is 6. The van der Waals surface area contributed by atoms with Gasteiger partial charge in [0.15, 0.2) is 0 Å². The molecule has 0 unspecified atom stereocenters. The molecule has 2 fully saturated rings. The minimum Gasteiger partial charge on any atom is -0.337 e. The van der Waals surface area contributed by atoms with Crippen molar-refractivity contribution in [3.8, 4) is 0 Å². The monoisotopic (exact) mass is 342 g/mol. The van der Waals surface area contributed by atoms with Crippen LogP contribution in [0.5, 0.6) is 0 Å². The smallest absolute Gasteiger partial charge is 0.247 e. The molecule has 0 bridgehead atoms. The van der Waals surface area contributed by atoms with E-state index in [9.17, 15) is 14.4 Å². The molecule has 1 aromatic heterocycles. The Balaban J connectivity index is 1.47. The minimum absolute atomic E-state index is 0.0133. The van der Waals surface area contributed by atoms with Gasteiger partial charge in [-0.2, -0.15) is 15.0 Å². The molecule has 1 aromatic carbocycles. The zero-order chi connectivity index (χ0) is 17.6. The highest BCUT2D eigenvalue weighted by Crippen LogP contribution is 2.17. The van der Waals surface area contributed by atoms with Gasteiger partial charge >= 0.3 is 0 Å². The first-order valence-corrected chi connectivity index (χ1v) is 8.15. The number of hydrogen-bond donors (Lipinski definition) is 0. The number of rotatable bonds is 2. The quantitative estimate of drug-likeness (QED) is 0.694. The molecular formula is C16H18N6O3. The van der Waals surface area contributed by atoms with Gasteiger partial charge in [-0.05, 0) is 12.1 Å². The van der Waals surface area contributed by atoms with Gasteiger partial charge in [0.1, 0.15) is 23.6 Å². The Morgan fingerprint density at radius 3 is 2.52 bits per heavy atom. The van der Waals surface area contributed by atoms with Gasteiger partial charge in [0.25, 0.3) is 0 Å². The number of carbonyl (C=O) groups excluding carboxylic acids is 3. The van der Waals surface area contributed by atoms with Crippen LogP contribution in [-0.4, -0.2) is 86.7 Å². The van der Waals surface area contributed by atoms with E-state index in [4.69, 9.17) is 0 Å². The third-order valence-electron chi connectivity index (χ3n) is 4.69. The van der Waals surface area contributed by atoms with E-state index in [-0.39, 0.29) is 37.4 Å². The second-order valence-electron chi connectivity index (χ2n) is 6.36. The molecule has 130 valence electrons. The SMILES string of the molecule is CN1CC(=O)N2CCN(C(=O)Cn3nc4ccccc4n3)C[C@@H]2C1=O. The summed E-state index contributed by atoms with van der Waals surface area (Å²) in [5.74, 6) is -0.354.